The van der Waals surface area contributed by atoms with Gasteiger partial charge in [-0.3, -0.25) is 0 Å². The van der Waals surface area contributed by atoms with Crippen LogP contribution in [0.3, 0.4) is 0 Å². The van der Waals surface area contributed by atoms with Gasteiger partial charge in [-0.15, -0.1) is 0 Å². The predicted octanol–water partition coefficient (Wildman–Crippen LogP) is 3.20. The summed E-state index contributed by atoms with van der Waals surface area (Å²) in [6.45, 7) is 4.22. The van der Waals surface area contributed by atoms with Crippen LogP contribution in [0, 0.1) is 0 Å². The maximum atomic E-state index is 8.80. The van der Waals surface area contributed by atoms with E-state index < -0.39 is 5.79 Å². The molecule has 80 valence electrons. The van der Waals surface area contributed by atoms with Crippen molar-refractivity contribution < 1.29 is 14.9 Å². The Morgan fingerprint density at radius 3 is 1.77 bits per heavy atom. The van der Waals surface area contributed by atoms with Crippen LogP contribution < -0.4 is 0 Å². The zero-order chi connectivity index (χ0) is 10.2. The van der Waals surface area contributed by atoms with Crippen molar-refractivity contribution in [2.75, 3.05) is 7.11 Å². The van der Waals surface area contributed by atoms with Crippen molar-refractivity contribution in [2.45, 2.75) is 58.2 Å². The number of hydrogen-bond donors (Lipinski definition) is 1. The zero-order valence-corrected chi connectivity index (χ0v) is 9.01. The highest BCUT2D eigenvalue weighted by Gasteiger charge is 2.29. The first-order chi connectivity index (χ1) is 6.24. The lowest BCUT2D eigenvalue weighted by Crippen LogP contribution is -2.33. The minimum Gasteiger partial charge on any atom is -0.351 e. The Bertz CT molecular complexity index is 101. The maximum absolute atomic E-state index is 8.80. The molecular weight excluding hydrogens is 168 g/mol. The molecule has 0 unspecified atom stereocenters. The maximum Gasteiger partial charge on any atom is 0.201 e. The van der Waals surface area contributed by atoms with Crippen LogP contribution in [0.1, 0.15) is 52.4 Å². The number of hydrogen-bond acceptors (Lipinski definition) is 3. The molecule has 0 fully saturated rings. The predicted molar refractivity (Wildman–Crippen MR) is 52.5 cm³/mol. The van der Waals surface area contributed by atoms with Crippen molar-refractivity contribution in [3.63, 3.8) is 0 Å². The van der Waals surface area contributed by atoms with Gasteiger partial charge in [0.05, 0.1) is 0 Å². The molecule has 3 heteroatoms. The Balaban J connectivity index is 3.97. The molecule has 13 heavy (non-hydrogen) atoms. The molecule has 0 amide bonds. The average Bonchev–Trinajstić information content (AvgIpc) is 2.20. The van der Waals surface area contributed by atoms with Gasteiger partial charge in [0.2, 0.25) is 5.79 Å². The fraction of sp³-hybridized carbons (Fsp3) is 1.00. The summed E-state index contributed by atoms with van der Waals surface area (Å²) in [7, 11) is 1.58. The Labute approximate surface area is 81.0 Å². The third kappa shape index (κ3) is 4.60. The van der Waals surface area contributed by atoms with Gasteiger partial charge in [-0.05, 0) is 12.8 Å². The van der Waals surface area contributed by atoms with Gasteiger partial charge < -0.3 is 4.74 Å². The molecule has 0 spiro atoms. The van der Waals surface area contributed by atoms with Crippen molar-refractivity contribution in [3.8, 4) is 0 Å². The lowest BCUT2D eigenvalue weighted by Gasteiger charge is -2.28. The molecule has 0 aromatic rings. The molecule has 0 rings (SSSR count). The first kappa shape index (κ1) is 12.9. The van der Waals surface area contributed by atoms with Gasteiger partial charge in [0.15, 0.2) is 0 Å². The van der Waals surface area contributed by atoms with Crippen LogP contribution in [0.4, 0.5) is 0 Å². The second-order valence-electron chi connectivity index (χ2n) is 3.41. The number of rotatable bonds is 8. The normalized spacial score (nSPS) is 12.0. The zero-order valence-electron chi connectivity index (χ0n) is 9.01. The second-order valence-corrected chi connectivity index (χ2v) is 3.41. The quantitative estimate of drug-likeness (QED) is 0.363. The SMILES string of the molecule is CCCCC(CCCC)(OC)OO. The topological polar surface area (TPSA) is 38.7 Å². The average molecular weight is 190 g/mol. The Morgan fingerprint density at radius 1 is 1.08 bits per heavy atom. The largest absolute Gasteiger partial charge is 0.351 e. The minimum absolute atomic E-state index is 0.758. The summed E-state index contributed by atoms with van der Waals surface area (Å²) in [6, 6.07) is 0. The number of methoxy groups -OCH3 is 1. The molecule has 0 bridgehead atoms. The smallest absolute Gasteiger partial charge is 0.201 e. The molecule has 0 radical (unpaired) electrons. The molecule has 3 nitrogen and oxygen atoms in total. The Hall–Kier alpha value is -0.120. The van der Waals surface area contributed by atoms with Gasteiger partial charge >= 0.3 is 0 Å². The molecule has 0 saturated carbocycles. The summed E-state index contributed by atoms with van der Waals surface area (Å²) in [4.78, 5) is 4.47. The van der Waals surface area contributed by atoms with Crippen LogP contribution in [0.25, 0.3) is 0 Å². The van der Waals surface area contributed by atoms with E-state index >= 15 is 0 Å². The van der Waals surface area contributed by atoms with Gasteiger partial charge in [0.25, 0.3) is 0 Å². The van der Waals surface area contributed by atoms with Gasteiger partial charge in [-0.25, -0.2) is 10.1 Å². The first-order valence-electron chi connectivity index (χ1n) is 5.12. The van der Waals surface area contributed by atoms with E-state index in [0.29, 0.717) is 0 Å². The van der Waals surface area contributed by atoms with E-state index in [1.807, 2.05) is 0 Å². The van der Waals surface area contributed by atoms with Gasteiger partial charge in [-0.1, -0.05) is 26.7 Å². The van der Waals surface area contributed by atoms with Crippen LogP contribution in [-0.2, 0) is 9.62 Å². The van der Waals surface area contributed by atoms with E-state index in [1.54, 1.807) is 7.11 Å². The van der Waals surface area contributed by atoms with Crippen molar-refractivity contribution in [2.24, 2.45) is 0 Å². The molecule has 0 aliphatic carbocycles. The Morgan fingerprint density at radius 2 is 1.54 bits per heavy atom. The highest BCUT2D eigenvalue weighted by Crippen LogP contribution is 2.25. The van der Waals surface area contributed by atoms with Crippen LogP contribution in [0.2, 0.25) is 0 Å². The van der Waals surface area contributed by atoms with Gasteiger partial charge in [0.1, 0.15) is 0 Å². The van der Waals surface area contributed by atoms with Crippen molar-refractivity contribution in [1.82, 2.24) is 0 Å². The van der Waals surface area contributed by atoms with E-state index in [2.05, 4.69) is 18.7 Å². The second kappa shape index (κ2) is 7.30. The van der Waals surface area contributed by atoms with Crippen molar-refractivity contribution >= 4 is 0 Å². The summed E-state index contributed by atoms with van der Waals surface area (Å²) in [6.07, 6.45) is 5.71. The third-order valence-corrected chi connectivity index (χ3v) is 2.36. The van der Waals surface area contributed by atoms with E-state index in [1.165, 1.54) is 0 Å². The highest BCUT2D eigenvalue weighted by atomic mass is 17.1. The number of ether oxygens (including phenoxy) is 1. The monoisotopic (exact) mass is 190 g/mol. The van der Waals surface area contributed by atoms with E-state index in [0.717, 1.165) is 38.5 Å². The Kier molecular flexibility index (Phi) is 7.23. The van der Waals surface area contributed by atoms with E-state index in [4.69, 9.17) is 9.99 Å². The van der Waals surface area contributed by atoms with E-state index in [-0.39, 0.29) is 0 Å². The fourth-order valence-corrected chi connectivity index (χ4v) is 1.35. The summed E-state index contributed by atoms with van der Waals surface area (Å²) in [5, 5.41) is 8.80. The summed E-state index contributed by atoms with van der Waals surface area (Å²) in [5.74, 6) is -0.758. The van der Waals surface area contributed by atoms with Gasteiger partial charge in [0, 0.05) is 20.0 Å². The van der Waals surface area contributed by atoms with Crippen LogP contribution >= 0.6 is 0 Å². The summed E-state index contributed by atoms with van der Waals surface area (Å²) in [5.41, 5.74) is 0. The fourth-order valence-electron chi connectivity index (χ4n) is 1.35. The van der Waals surface area contributed by atoms with Crippen LogP contribution in [-0.4, -0.2) is 18.2 Å². The van der Waals surface area contributed by atoms with Gasteiger partial charge in [-0.2, -0.15) is 0 Å². The summed E-state index contributed by atoms with van der Waals surface area (Å²) >= 11 is 0. The third-order valence-electron chi connectivity index (χ3n) is 2.36. The first-order valence-corrected chi connectivity index (χ1v) is 5.12. The van der Waals surface area contributed by atoms with Crippen LogP contribution in [0.15, 0.2) is 0 Å². The summed E-state index contributed by atoms with van der Waals surface area (Å²) < 4.78 is 5.22. The molecule has 0 atom stereocenters. The highest BCUT2D eigenvalue weighted by molar-refractivity contribution is 4.67. The molecule has 0 saturated heterocycles. The minimum atomic E-state index is -0.758. The van der Waals surface area contributed by atoms with Crippen molar-refractivity contribution in [3.05, 3.63) is 0 Å². The number of unbranched alkanes of at least 4 members (excludes halogenated alkanes) is 2. The standard InChI is InChI=1S/C10H22O3/c1-4-6-8-10(12-3,13-11)9-7-5-2/h11H,4-9H2,1-3H3. The lowest BCUT2D eigenvalue weighted by molar-refractivity contribution is -0.403. The molecule has 0 aromatic carbocycles. The molecule has 0 heterocycles. The molecule has 0 aliphatic rings. The molecule has 1 N–H and O–H groups in total. The van der Waals surface area contributed by atoms with Crippen LogP contribution in [0.5, 0.6) is 0 Å². The molecule has 0 aliphatic heterocycles. The molecular formula is C10H22O3. The lowest BCUT2D eigenvalue weighted by atomic mass is 10.0. The molecule has 0 aromatic heterocycles. The van der Waals surface area contributed by atoms with E-state index in [9.17, 15) is 0 Å². The van der Waals surface area contributed by atoms with Crippen molar-refractivity contribution in [1.29, 1.82) is 0 Å².